The van der Waals surface area contributed by atoms with Crippen LogP contribution in [0, 0.1) is 3.57 Å². The molecule has 0 radical (unpaired) electrons. The average molecular weight is 410 g/mol. The molecular formula is C14H17ClINOS. The van der Waals surface area contributed by atoms with Gasteiger partial charge in [0.15, 0.2) is 0 Å². The van der Waals surface area contributed by atoms with Crippen LogP contribution in [0.25, 0.3) is 0 Å². The van der Waals surface area contributed by atoms with Crippen LogP contribution in [-0.4, -0.2) is 23.5 Å². The quantitative estimate of drug-likeness (QED) is 0.752. The first kappa shape index (κ1) is 15.4. The largest absolute Gasteiger partial charge is 0.349 e. The standard InChI is InChI=1S/C14H17ClINOS/c1-19-11-5-3-10(4-6-11)17-14(18)12-8-9(15)2-7-13(12)16/h2,7-8,10-11H,3-6H2,1H3,(H,17,18). The average Bonchev–Trinajstić information content (AvgIpc) is 2.42. The summed E-state index contributed by atoms with van der Waals surface area (Å²) in [4.78, 5) is 12.3. The first-order chi connectivity index (χ1) is 9.10. The molecule has 0 aliphatic heterocycles. The van der Waals surface area contributed by atoms with Gasteiger partial charge in [0.25, 0.3) is 5.91 Å². The number of halogens is 2. The van der Waals surface area contributed by atoms with Gasteiger partial charge in [0, 0.05) is 19.9 Å². The van der Waals surface area contributed by atoms with E-state index in [-0.39, 0.29) is 5.91 Å². The third kappa shape index (κ3) is 4.26. The van der Waals surface area contributed by atoms with E-state index < -0.39 is 0 Å². The second-order valence-electron chi connectivity index (χ2n) is 4.81. The molecule has 1 fully saturated rings. The van der Waals surface area contributed by atoms with Crippen molar-refractivity contribution in [3.8, 4) is 0 Å². The Morgan fingerprint density at radius 1 is 1.37 bits per heavy atom. The molecule has 2 rings (SSSR count). The molecule has 0 aromatic heterocycles. The minimum Gasteiger partial charge on any atom is -0.349 e. The molecule has 19 heavy (non-hydrogen) atoms. The first-order valence-corrected chi connectivity index (χ1v) is 9.13. The summed E-state index contributed by atoms with van der Waals surface area (Å²) in [6, 6.07) is 5.74. The lowest BCUT2D eigenvalue weighted by Crippen LogP contribution is -2.38. The Morgan fingerprint density at radius 3 is 2.68 bits per heavy atom. The van der Waals surface area contributed by atoms with Gasteiger partial charge >= 0.3 is 0 Å². The molecule has 0 atom stereocenters. The molecule has 0 unspecified atom stereocenters. The van der Waals surface area contributed by atoms with E-state index in [4.69, 9.17) is 11.6 Å². The van der Waals surface area contributed by atoms with Crippen LogP contribution in [0.3, 0.4) is 0 Å². The fraction of sp³-hybridized carbons (Fsp3) is 0.500. The van der Waals surface area contributed by atoms with Crippen LogP contribution in [0.15, 0.2) is 18.2 Å². The number of hydrogen-bond acceptors (Lipinski definition) is 2. The summed E-state index contributed by atoms with van der Waals surface area (Å²) in [7, 11) is 0. The van der Waals surface area contributed by atoms with Crippen molar-refractivity contribution in [2.45, 2.75) is 37.0 Å². The summed E-state index contributed by atoms with van der Waals surface area (Å²) in [6.45, 7) is 0. The van der Waals surface area contributed by atoms with Gasteiger partial charge in [-0.15, -0.1) is 0 Å². The maximum Gasteiger partial charge on any atom is 0.252 e. The third-order valence-corrected chi connectivity index (χ3v) is 5.83. The van der Waals surface area contributed by atoms with Crippen molar-refractivity contribution in [2.24, 2.45) is 0 Å². The van der Waals surface area contributed by atoms with E-state index in [1.807, 2.05) is 23.9 Å². The number of rotatable bonds is 3. The summed E-state index contributed by atoms with van der Waals surface area (Å²) in [5.41, 5.74) is 0.681. The normalized spacial score (nSPS) is 23.1. The number of amides is 1. The Morgan fingerprint density at radius 2 is 2.05 bits per heavy atom. The zero-order valence-corrected chi connectivity index (χ0v) is 14.5. The zero-order valence-electron chi connectivity index (χ0n) is 10.8. The van der Waals surface area contributed by atoms with Gasteiger partial charge in [-0.05, 0) is 72.7 Å². The topological polar surface area (TPSA) is 29.1 Å². The minimum absolute atomic E-state index is 0.000462. The first-order valence-electron chi connectivity index (χ1n) is 6.39. The number of thioether (sulfide) groups is 1. The highest BCUT2D eigenvalue weighted by molar-refractivity contribution is 14.1. The Balaban J connectivity index is 1.96. The highest BCUT2D eigenvalue weighted by Gasteiger charge is 2.22. The highest BCUT2D eigenvalue weighted by Crippen LogP contribution is 2.27. The van der Waals surface area contributed by atoms with Crippen molar-refractivity contribution >= 4 is 51.9 Å². The lowest BCUT2D eigenvalue weighted by atomic mass is 9.94. The van der Waals surface area contributed by atoms with E-state index in [0.29, 0.717) is 16.6 Å². The van der Waals surface area contributed by atoms with Gasteiger partial charge in [0.05, 0.1) is 5.56 Å². The molecule has 1 aliphatic rings. The van der Waals surface area contributed by atoms with Crippen molar-refractivity contribution in [3.63, 3.8) is 0 Å². The summed E-state index contributed by atoms with van der Waals surface area (Å²) in [6.07, 6.45) is 6.71. The number of nitrogens with one attached hydrogen (secondary N) is 1. The van der Waals surface area contributed by atoms with Gasteiger partial charge in [0.2, 0.25) is 0 Å². The molecule has 1 aliphatic carbocycles. The summed E-state index contributed by atoms with van der Waals surface area (Å²) in [5, 5.41) is 4.51. The molecule has 1 amide bonds. The maximum absolute atomic E-state index is 12.3. The van der Waals surface area contributed by atoms with Gasteiger partial charge in [-0.2, -0.15) is 11.8 Å². The lowest BCUT2D eigenvalue weighted by Gasteiger charge is -2.28. The lowest BCUT2D eigenvalue weighted by molar-refractivity contribution is 0.0927. The van der Waals surface area contributed by atoms with E-state index in [2.05, 4.69) is 34.2 Å². The molecule has 1 N–H and O–H groups in total. The van der Waals surface area contributed by atoms with Crippen molar-refractivity contribution < 1.29 is 4.79 Å². The Bertz CT molecular complexity index is 461. The molecule has 1 saturated carbocycles. The second-order valence-corrected chi connectivity index (χ2v) is 7.54. The Hall–Kier alpha value is 0.0600. The third-order valence-electron chi connectivity index (χ3n) is 3.52. The van der Waals surface area contributed by atoms with E-state index in [1.165, 1.54) is 12.8 Å². The van der Waals surface area contributed by atoms with Crippen LogP contribution in [0.1, 0.15) is 36.0 Å². The van der Waals surface area contributed by atoms with Gasteiger partial charge in [-0.3, -0.25) is 4.79 Å². The van der Waals surface area contributed by atoms with Crippen LogP contribution in [0.4, 0.5) is 0 Å². The molecule has 1 aromatic rings. The number of carbonyl (C=O) groups is 1. The molecule has 5 heteroatoms. The smallest absolute Gasteiger partial charge is 0.252 e. The molecule has 0 bridgehead atoms. The van der Waals surface area contributed by atoms with E-state index in [1.54, 1.807) is 6.07 Å². The number of hydrogen-bond donors (Lipinski definition) is 1. The molecule has 1 aromatic carbocycles. The van der Waals surface area contributed by atoms with Gasteiger partial charge in [-0.1, -0.05) is 11.6 Å². The van der Waals surface area contributed by atoms with Crippen LogP contribution in [-0.2, 0) is 0 Å². The van der Waals surface area contributed by atoms with E-state index in [0.717, 1.165) is 21.7 Å². The molecule has 0 spiro atoms. The second kappa shape index (κ2) is 7.18. The van der Waals surface area contributed by atoms with Gasteiger partial charge < -0.3 is 5.32 Å². The van der Waals surface area contributed by atoms with Crippen LogP contribution in [0.5, 0.6) is 0 Å². The Labute approximate surface area is 137 Å². The SMILES string of the molecule is CSC1CCC(NC(=O)c2cc(Cl)ccc2I)CC1. The zero-order chi connectivity index (χ0) is 13.8. The summed E-state index contributed by atoms with van der Waals surface area (Å²) in [5.74, 6) is -0.000462. The van der Waals surface area contributed by atoms with Crippen LogP contribution in [0.2, 0.25) is 5.02 Å². The van der Waals surface area contributed by atoms with Crippen molar-refractivity contribution in [2.75, 3.05) is 6.26 Å². The fourth-order valence-corrected chi connectivity index (χ4v) is 3.87. The van der Waals surface area contributed by atoms with Gasteiger partial charge in [0.1, 0.15) is 0 Å². The summed E-state index contributed by atoms with van der Waals surface area (Å²) >= 11 is 10.1. The summed E-state index contributed by atoms with van der Waals surface area (Å²) < 4.78 is 0.942. The van der Waals surface area contributed by atoms with Crippen LogP contribution < -0.4 is 5.32 Å². The predicted molar refractivity (Wildman–Crippen MR) is 91.2 cm³/mol. The number of benzene rings is 1. The fourth-order valence-electron chi connectivity index (χ4n) is 2.38. The van der Waals surface area contributed by atoms with Crippen molar-refractivity contribution in [1.82, 2.24) is 5.32 Å². The van der Waals surface area contributed by atoms with E-state index >= 15 is 0 Å². The molecule has 2 nitrogen and oxygen atoms in total. The van der Waals surface area contributed by atoms with Gasteiger partial charge in [-0.25, -0.2) is 0 Å². The molecular weight excluding hydrogens is 393 g/mol. The number of carbonyl (C=O) groups excluding carboxylic acids is 1. The predicted octanol–water partition coefficient (Wildman–Crippen LogP) is 4.35. The molecule has 0 heterocycles. The Kier molecular flexibility index (Phi) is 5.84. The van der Waals surface area contributed by atoms with Crippen molar-refractivity contribution in [1.29, 1.82) is 0 Å². The van der Waals surface area contributed by atoms with Crippen molar-refractivity contribution in [3.05, 3.63) is 32.4 Å². The monoisotopic (exact) mass is 409 g/mol. The molecule has 0 saturated heterocycles. The van der Waals surface area contributed by atoms with Crippen LogP contribution >= 0.6 is 46.0 Å². The van der Waals surface area contributed by atoms with E-state index in [9.17, 15) is 4.79 Å². The molecule has 104 valence electrons. The maximum atomic E-state index is 12.3. The highest BCUT2D eigenvalue weighted by atomic mass is 127. The minimum atomic E-state index is -0.000462.